The van der Waals surface area contributed by atoms with E-state index in [4.69, 9.17) is 4.74 Å². The molecule has 0 radical (unpaired) electrons. The molecule has 0 saturated carbocycles. The van der Waals surface area contributed by atoms with Crippen LogP contribution < -0.4 is 0 Å². The van der Waals surface area contributed by atoms with Crippen molar-refractivity contribution in [2.24, 2.45) is 0 Å². The van der Waals surface area contributed by atoms with Crippen molar-refractivity contribution in [3.63, 3.8) is 0 Å². The van der Waals surface area contributed by atoms with Gasteiger partial charge in [-0.15, -0.1) is 0 Å². The normalized spacial score (nSPS) is 11.0. The van der Waals surface area contributed by atoms with Crippen LogP contribution in [0.3, 0.4) is 0 Å². The molecule has 0 aliphatic rings. The van der Waals surface area contributed by atoms with Crippen molar-refractivity contribution in [1.29, 1.82) is 0 Å². The van der Waals surface area contributed by atoms with Gasteiger partial charge >= 0.3 is 5.97 Å². The van der Waals surface area contributed by atoms with Crippen LogP contribution in [-0.2, 0) is 25.1 Å². The van der Waals surface area contributed by atoms with Gasteiger partial charge in [-0.3, -0.25) is 9.59 Å². The van der Waals surface area contributed by atoms with E-state index < -0.39 is 21.7 Å². The van der Waals surface area contributed by atoms with Gasteiger partial charge in [0.1, 0.15) is 6.54 Å². The van der Waals surface area contributed by atoms with E-state index >= 15 is 0 Å². The molecule has 0 atom stereocenters. The molecule has 0 N–H and O–H groups in total. The number of benzene rings is 2. The lowest BCUT2D eigenvalue weighted by atomic mass is 10.2. The molecule has 0 heterocycles. The maximum atomic E-state index is 12.7. The first kappa shape index (κ1) is 20.6. The fourth-order valence-corrected chi connectivity index (χ4v) is 3.96. The van der Waals surface area contributed by atoms with E-state index in [2.05, 4.69) is 0 Å². The number of nitrogens with zero attached hydrogens (tertiary/aromatic N) is 1. The molecule has 2 aromatic carbocycles. The third-order valence-corrected chi connectivity index (χ3v) is 5.62. The van der Waals surface area contributed by atoms with Gasteiger partial charge in [0.25, 0.3) is 5.91 Å². The van der Waals surface area contributed by atoms with Crippen molar-refractivity contribution in [2.75, 3.05) is 19.7 Å². The molecule has 0 unspecified atom stereocenters. The molecule has 0 saturated heterocycles. The lowest BCUT2D eigenvalue weighted by molar-refractivity contribution is -0.143. The highest BCUT2D eigenvalue weighted by atomic mass is 32.2. The smallest absolute Gasteiger partial charge is 0.325 e. The first-order valence-corrected chi connectivity index (χ1v) is 10.3. The topological polar surface area (TPSA) is 80.8 Å². The molecule has 0 aromatic heterocycles. The molecule has 6 nitrogen and oxygen atoms in total. The van der Waals surface area contributed by atoms with Gasteiger partial charge < -0.3 is 9.64 Å². The molecular formula is C20H23NO5S. The van der Waals surface area contributed by atoms with Crippen LogP contribution in [-0.4, -0.2) is 44.9 Å². The summed E-state index contributed by atoms with van der Waals surface area (Å²) < 4.78 is 30.2. The van der Waals surface area contributed by atoms with E-state index in [9.17, 15) is 18.0 Å². The van der Waals surface area contributed by atoms with Gasteiger partial charge in [0.05, 0.1) is 17.3 Å². The van der Waals surface area contributed by atoms with Gasteiger partial charge in [0.15, 0.2) is 9.84 Å². The zero-order chi connectivity index (χ0) is 19.9. The Morgan fingerprint density at radius 1 is 1.00 bits per heavy atom. The minimum Gasteiger partial charge on any atom is -0.465 e. The van der Waals surface area contributed by atoms with Crippen molar-refractivity contribution in [3.8, 4) is 0 Å². The summed E-state index contributed by atoms with van der Waals surface area (Å²) in [7, 11) is -3.60. The largest absolute Gasteiger partial charge is 0.465 e. The number of hydrogen-bond acceptors (Lipinski definition) is 5. The molecule has 0 fully saturated rings. The van der Waals surface area contributed by atoms with Crippen molar-refractivity contribution in [1.82, 2.24) is 4.90 Å². The van der Waals surface area contributed by atoms with Crippen LogP contribution in [0.2, 0.25) is 0 Å². The van der Waals surface area contributed by atoms with E-state index in [1.54, 1.807) is 38.1 Å². The Balaban J connectivity index is 2.22. The van der Waals surface area contributed by atoms with E-state index in [1.807, 2.05) is 6.07 Å². The third kappa shape index (κ3) is 5.65. The highest BCUT2D eigenvalue weighted by Crippen LogP contribution is 2.18. The predicted octanol–water partition coefficient (Wildman–Crippen LogP) is 2.69. The maximum absolute atomic E-state index is 12.7. The second-order valence-electron chi connectivity index (χ2n) is 5.90. The van der Waals surface area contributed by atoms with Gasteiger partial charge in [0, 0.05) is 12.1 Å². The maximum Gasteiger partial charge on any atom is 0.325 e. The molecule has 27 heavy (non-hydrogen) atoms. The van der Waals surface area contributed by atoms with Crippen molar-refractivity contribution in [3.05, 3.63) is 65.7 Å². The first-order valence-electron chi connectivity index (χ1n) is 8.69. The zero-order valence-electron chi connectivity index (χ0n) is 15.4. The molecule has 0 aliphatic heterocycles. The number of hydrogen-bond donors (Lipinski definition) is 0. The summed E-state index contributed by atoms with van der Waals surface area (Å²) in [5.74, 6) is -1.06. The van der Waals surface area contributed by atoms with Crippen LogP contribution in [0.1, 0.15) is 29.8 Å². The highest BCUT2D eigenvalue weighted by molar-refractivity contribution is 7.90. The number of likely N-dealkylation sites (N-methyl/N-ethyl adjacent to an activating group) is 1. The van der Waals surface area contributed by atoms with Crippen LogP contribution >= 0.6 is 0 Å². The Hall–Kier alpha value is -2.67. The van der Waals surface area contributed by atoms with Gasteiger partial charge in [0.2, 0.25) is 0 Å². The standard InChI is InChI=1S/C20H23NO5S/c1-3-21(14-19(22)26-4-2)20(23)17-11-8-12-18(13-17)27(24,25)15-16-9-6-5-7-10-16/h5-13H,3-4,14-15H2,1-2H3. The second-order valence-corrected chi connectivity index (χ2v) is 7.89. The van der Waals surface area contributed by atoms with E-state index in [-0.39, 0.29) is 29.4 Å². The van der Waals surface area contributed by atoms with E-state index in [0.29, 0.717) is 12.1 Å². The summed E-state index contributed by atoms with van der Waals surface area (Å²) in [5.41, 5.74) is 0.891. The van der Waals surface area contributed by atoms with Gasteiger partial charge in [-0.1, -0.05) is 36.4 Å². The summed E-state index contributed by atoms with van der Waals surface area (Å²) in [6, 6.07) is 14.7. The van der Waals surface area contributed by atoms with Gasteiger partial charge in [-0.05, 0) is 37.6 Å². The molecule has 2 rings (SSSR count). The number of amides is 1. The molecule has 2 aromatic rings. The number of carbonyl (C=O) groups excluding carboxylic acids is 2. The Morgan fingerprint density at radius 2 is 1.70 bits per heavy atom. The lowest BCUT2D eigenvalue weighted by Gasteiger charge is -2.20. The van der Waals surface area contributed by atoms with E-state index in [1.165, 1.54) is 29.2 Å². The number of carbonyl (C=O) groups is 2. The van der Waals surface area contributed by atoms with E-state index in [0.717, 1.165) is 0 Å². The SMILES string of the molecule is CCOC(=O)CN(CC)C(=O)c1cccc(S(=O)(=O)Cc2ccccc2)c1. The Kier molecular flexibility index (Phi) is 7.12. The Bertz CT molecular complexity index is 894. The van der Waals surface area contributed by atoms with Gasteiger partial charge in [-0.2, -0.15) is 0 Å². The third-order valence-electron chi connectivity index (χ3n) is 3.93. The molecule has 144 valence electrons. The quantitative estimate of drug-likeness (QED) is 0.649. The number of sulfone groups is 1. The molecule has 7 heteroatoms. The minimum absolute atomic E-state index is 0.0735. The number of esters is 1. The van der Waals surface area contributed by atoms with Gasteiger partial charge in [-0.25, -0.2) is 8.42 Å². The van der Waals surface area contributed by atoms with Crippen LogP contribution in [0.25, 0.3) is 0 Å². The molecular weight excluding hydrogens is 366 g/mol. The fraction of sp³-hybridized carbons (Fsp3) is 0.300. The van der Waals surface area contributed by atoms with Crippen molar-refractivity contribution < 1.29 is 22.7 Å². The minimum atomic E-state index is -3.60. The molecule has 0 aliphatic carbocycles. The van der Waals surface area contributed by atoms with Crippen LogP contribution in [0, 0.1) is 0 Å². The molecule has 1 amide bonds. The van der Waals surface area contributed by atoms with Crippen LogP contribution in [0.15, 0.2) is 59.5 Å². The highest BCUT2D eigenvalue weighted by Gasteiger charge is 2.21. The average Bonchev–Trinajstić information content (AvgIpc) is 2.66. The summed E-state index contributed by atoms with van der Waals surface area (Å²) >= 11 is 0. The Labute approximate surface area is 159 Å². The van der Waals surface area contributed by atoms with Crippen molar-refractivity contribution >= 4 is 21.7 Å². The number of rotatable bonds is 8. The second kappa shape index (κ2) is 9.32. The van der Waals surface area contributed by atoms with Crippen LogP contribution in [0.5, 0.6) is 0 Å². The summed E-state index contributed by atoms with van der Waals surface area (Å²) in [6.45, 7) is 3.80. The first-order chi connectivity index (χ1) is 12.9. The summed E-state index contributed by atoms with van der Waals surface area (Å²) in [6.07, 6.45) is 0. The number of ether oxygens (including phenoxy) is 1. The fourth-order valence-electron chi connectivity index (χ4n) is 2.57. The summed E-state index contributed by atoms with van der Waals surface area (Å²) in [5, 5.41) is 0. The summed E-state index contributed by atoms with van der Waals surface area (Å²) in [4.78, 5) is 25.7. The average molecular weight is 389 g/mol. The van der Waals surface area contributed by atoms with Crippen LogP contribution in [0.4, 0.5) is 0 Å². The zero-order valence-corrected chi connectivity index (χ0v) is 16.2. The predicted molar refractivity (Wildman–Crippen MR) is 102 cm³/mol. The van der Waals surface area contributed by atoms with Crippen molar-refractivity contribution in [2.45, 2.75) is 24.5 Å². The molecule has 0 spiro atoms. The monoisotopic (exact) mass is 389 g/mol. The lowest BCUT2D eigenvalue weighted by Crippen LogP contribution is -2.36. The molecule has 0 bridgehead atoms. The Morgan fingerprint density at radius 3 is 2.33 bits per heavy atom.